The second kappa shape index (κ2) is 4.74. The lowest BCUT2D eigenvalue weighted by Gasteiger charge is -2.39. The van der Waals surface area contributed by atoms with Gasteiger partial charge < -0.3 is 0 Å². The second-order valence-corrected chi connectivity index (χ2v) is 7.88. The molecule has 3 heteroatoms. The highest BCUT2D eigenvalue weighted by Gasteiger charge is 2.38. The molecule has 0 aromatic carbocycles. The van der Waals surface area contributed by atoms with E-state index in [1.54, 1.807) is 11.3 Å². The standard InChI is InChI=1S/C14H18BrNS/c1-13(2)3-5-14(10-16,6-4-13)8-12-7-11(15)9-17-12/h7,9H,3-6,8H2,1-2H3. The Balaban J connectivity index is 2.09. The number of hydrogen-bond acceptors (Lipinski definition) is 2. The predicted molar refractivity (Wildman–Crippen MR) is 76.0 cm³/mol. The zero-order chi connectivity index (χ0) is 12.5. The zero-order valence-electron chi connectivity index (χ0n) is 10.4. The third-order valence-electron chi connectivity index (χ3n) is 3.93. The van der Waals surface area contributed by atoms with E-state index >= 15 is 0 Å². The summed E-state index contributed by atoms with van der Waals surface area (Å²) in [4.78, 5) is 1.33. The third kappa shape index (κ3) is 3.11. The fourth-order valence-corrected chi connectivity index (χ4v) is 4.11. The molecule has 0 saturated heterocycles. The lowest BCUT2D eigenvalue weighted by atomic mass is 9.64. The third-order valence-corrected chi connectivity index (χ3v) is 5.63. The van der Waals surface area contributed by atoms with Crippen molar-refractivity contribution in [3.8, 4) is 6.07 Å². The Kier molecular flexibility index (Phi) is 3.66. The molecule has 1 aromatic rings. The minimum Gasteiger partial charge on any atom is -0.198 e. The van der Waals surface area contributed by atoms with E-state index < -0.39 is 0 Å². The molecule has 0 bridgehead atoms. The molecule has 1 fully saturated rings. The van der Waals surface area contributed by atoms with Gasteiger partial charge in [0.25, 0.3) is 0 Å². The highest BCUT2D eigenvalue weighted by atomic mass is 79.9. The molecule has 92 valence electrons. The van der Waals surface area contributed by atoms with Crippen molar-refractivity contribution in [2.75, 3.05) is 0 Å². The van der Waals surface area contributed by atoms with Crippen molar-refractivity contribution >= 4 is 27.3 Å². The quantitative estimate of drug-likeness (QED) is 0.739. The molecule has 0 spiro atoms. The maximum atomic E-state index is 9.52. The Hall–Kier alpha value is -0.330. The molecule has 0 radical (unpaired) electrons. The zero-order valence-corrected chi connectivity index (χ0v) is 12.8. The Bertz CT molecular complexity index is 431. The van der Waals surface area contributed by atoms with Crippen molar-refractivity contribution in [2.45, 2.75) is 46.0 Å². The van der Waals surface area contributed by atoms with E-state index in [4.69, 9.17) is 0 Å². The summed E-state index contributed by atoms with van der Waals surface area (Å²) in [6.45, 7) is 4.63. The minimum atomic E-state index is -0.111. The first-order chi connectivity index (χ1) is 7.95. The van der Waals surface area contributed by atoms with Crippen molar-refractivity contribution in [2.24, 2.45) is 10.8 Å². The monoisotopic (exact) mass is 311 g/mol. The summed E-state index contributed by atoms with van der Waals surface area (Å²) < 4.78 is 1.14. The average molecular weight is 312 g/mol. The first-order valence-electron chi connectivity index (χ1n) is 6.09. The summed E-state index contributed by atoms with van der Waals surface area (Å²) in [6.07, 6.45) is 5.37. The maximum Gasteiger partial charge on any atom is 0.0693 e. The van der Waals surface area contributed by atoms with Gasteiger partial charge in [-0.05, 0) is 53.1 Å². The molecular formula is C14H18BrNS. The summed E-state index contributed by atoms with van der Waals surface area (Å²) in [7, 11) is 0. The highest BCUT2D eigenvalue weighted by Crippen LogP contribution is 2.47. The topological polar surface area (TPSA) is 23.8 Å². The maximum absolute atomic E-state index is 9.52. The van der Waals surface area contributed by atoms with Crippen LogP contribution in [0.2, 0.25) is 0 Å². The van der Waals surface area contributed by atoms with Crippen molar-refractivity contribution in [1.82, 2.24) is 0 Å². The largest absolute Gasteiger partial charge is 0.198 e. The van der Waals surface area contributed by atoms with Gasteiger partial charge in [-0.3, -0.25) is 0 Å². The van der Waals surface area contributed by atoms with Crippen molar-refractivity contribution < 1.29 is 0 Å². The fourth-order valence-electron chi connectivity index (χ4n) is 2.51. The predicted octanol–water partition coefficient (Wildman–Crippen LogP) is 5.16. The van der Waals surface area contributed by atoms with Crippen LogP contribution >= 0.6 is 27.3 Å². The van der Waals surface area contributed by atoms with Gasteiger partial charge in [0.2, 0.25) is 0 Å². The Morgan fingerprint density at radius 3 is 2.47 bits per heavy atom. The van der Waals surface area contributed by atoms with E-state index in [0.717, 1.165) is 23.7 Å². The summed E-state index contributed by atoms with van der Waals surface area (Å²) in [6, 6.07) is 4.76. The van der Waals surface area contributed by atoms with Gasteiger partial charge in [0, 0.05) is 21.2 Å². The molecule has 2 rings (SSSR count). The summed E-state index contributed by atoms with van der Waals surface area (Å²) >= 11 is 5.24. The van der Waals surface area contributed by atoms with Crippen LogP contribution < -0.4 is 0 Å². The van der Waals surface area contributed by atoms with Gasteiger partial charge in [0.15, 0.2) is 0 Å². The van der Waals surface area contributed by atoms with Crippen LogP contribution in [0.4, 0.5) is 0 Å². The average Bonchev–Trinajstić information content (AvgIpc) is 2.68. The number of nitrogens with zero attached hydrogens (tertiary/aromatic N) is 1. The molecule has 0 unspecified atom stereocenters. The summed E-state index contributed by atoms with van der Waals surface area (Å²) in [5.41, 5.74) is 0.316. The molecule has 0 amide bonds. The normalized spacial score (nSPS) is 22.0. The van der Waals surface area contributed by atoms with Crippen LogP contribution in [0.25, 0.3) is 0 Å². The molecule has 17 heavy (non-hydrogen) atoms. The van der Waals surface area contributed by atoms with Crippen LogP contribution in [-0.4, -0.2) is 0 Å². The van der Waals surface area contributed by atoms with Gasteiger partial charge in [0.05, 0.1) is 11.5 Å². The molecular weight excluding hydrogens is 294 g/mol. The van der Waals surface area contributed by atoms with E-state index in [9.17, 15) is 5.26 Å². The number of thiophene rings is 1. The van der Waals surface area contributed by atoms with Gasteiger partial charge in [0.1, 0.15) is 0 Å². The van der Waals surface area contributed by atoms with Crippen molar-refractivity contribution in [3.05, 3.63) is 20.8 Å². The van der Waals surface area contributed by atoms with Crippen molar-refractivity contribution in [1.29, 1.82) is 5.26 Å². The molecule has 1 saturated carbocycles. The fraction of sp³-hybridized carbons (Fsp3) is 0.643. The van der Waals surface area contributed by atoms with Crippen LogP contribution in [0.1, 0.15) is 44.4 Å². The van der Waals surface area contributed by atoms with Crippen LogP contribution in [0, 0.1) is 22.2 Å². The van der Waals surface area contributed by atoms with Gasteiger partial charge in [-0.15, -0.1) is 11.3 Å². The van der Waals surface area contributed by atoms with Crippen LogP contribution in [0.15, 0.2) is 15.9 Å². The van der Waals surface area contributed by atoms with E-state index in [2.05, 4.69) is 47.3 Å². The first kappa shape index (κ1) is 13.1. The van der Waals surface area contributed by atoms with Crippen molar-refractivity contribution in [3.63, 3.8) is 0 Å². The Morgan fingerprint density at radius 1 is 1.35 bits per heavy atom. The lowest BCUT2D eigenvalue weighted by molar-refractivity contribution is 0.146. The SMILES string of the molecule is CC1(C)CCC(C#N)(Cc2cc(Br)cs2)CC1. The molecule has 1 nitrogen and oxygen atoms in total. The first-order valence-corrected chi connectivity index (χ1v) is 7.76. The Labute approximate surface area is 116 Å². The molecule has 1 aliphatic carbocycles. The smallest absolute Gasteiger partial charge is 0.0693 e. The minimum absolute atomic E-state index is 0.111. The number of hydrogen-bond donors (Lipinski definition) is 0. The number of halogens is 1. The molecule has 1 aromatic heterocycles. The van der Waals surface area contributed by atoms with Gasteiger partial charge in [-0.1, -0.05) is 13.8 Å². The van der Waals surface area contributed by atoms with Gasteiger partial charge >= 0.3 is 0 Å². The number of rotatable bonds is 2. The molecule has 0 atom stereocenters. The van der Waals surface area contributed by atoms with Gasteiger partial charge in [-0.2, -0.15) is 5.26 Å². The molecule has 1 aliphatic rings. The van der Waals surface area contributed by atoms with Crippen LogP contribution in [0.3, 0.4) is 0 Å². The van der Waals surface area contributed by atoms with E-state index in [-0.39, 0.29) is 5.41 Å². The molecule has 0 aliphatic heterocycles. The highest BCUT2D eigenvalue weighted by molar-refractivity contribution is 9.10. The van der Waals surface area contributed by atoms with E-state index in [0.29, 0.717) is 5.41 Å². The van der Waals surface area contributed by atoms with Crippen LogP contribution in [-0.2, 0) is 6.42 Å². The van der Waals surface area contributed by atoms with E-state index in [1.807, 2.05) is 0 Å². The Morgan fingerprint density at radius 2 is 2.00 bits per heavy atom. The molecule has 0 N–H and O–H groups in total. The summed E-state index contributed by atoms with van der Waals surface area (Å²) in [5.74, 6) is 0. The molecule has 1 heterocycles. The van der Waals surface area contributed by atoms with Gasteiger partial charge in [-0.25, -0.2) is 0 Å². The summed E-state index contributed by atoms with van der Waals surface area (Å²) in [5, 5.41) is 11.6. The van der Waals surface area contributed by atoms with Crippen LogP contribution in [0.5, 0.6) is 0 Å². The second-order valence-electron chi connectivity index (χ2n) is 5.96. The lowest BCUT2D eigenvalue weighted by Crippen LogP contribution is -2.31. The van der Waals surface area contributed by atoms with E-state index in [1.165, 1.54) is 17.7 Å². The number of nitriles is 1.